The third-order valence-corrected chi connectivity index (χ3v) is 5.91. The third kappa shape index (κ3) is 9.61. The quantitative estimate of drug-likeness (QED) is 0.166. The largest absolute Gasteiger partial charge is 0.307 e. The van der Waals surface area contributed by atoms with Crippen molar-refractivity contribution in [3.05, 3.63) is 157 Å². The van der Waals surface area contributed by atoms with Crippen LogP contribution in [-0.2, 0) is 0 Å². The van der Waals surface area contributed by atoms with Gasteiger partial charge < -0.3 is 10.6 Å². The highest BCUT2D eigenvalue weighted by molar-refractivity contribution is 6.04. The Kier molecular flexibility index (Phi) is 10.7. The summed E-state index contributed by atoms with van der Waals surface area (Å²) in [5, 5.41) is 21.6. The molecule has 12 nitrogen and oxygen atoms in total. The van der Waals surface area contributed by atoms with Gasteiger partial charge in [0, 0.05) is 35.9 Å². The summed E-state index contributed by atoms with van der Waals surface area (Å²) in [6, 6.07) is 35.1. The number of benzene rings is 2. The molecular formula is C34H26N10O2. The molecule has 2 N–H and O–H groups in total. The number of aromatic nitrogens is 4. The van der Waals surface area contributed by atoms with Crippen molar-refractivity contribution >= 4 is 46.5 Å². The zero-order valence-electron chi connectivity index (χ0n) is 24.3. The lowest BCUT2D eigenvalue weighted by Crippen LogP contribution is -2.12. The van der Waals surface area contributed by atoms with Crippen LogP contribution in [0.4, 0.5) is 34.6 Å². The number of rotatable bonds is 8. The number of carbonyl (C=O) groups excluding carboxylic acids is 2. The van der Waals surface area contributed by atoms with Crippen LogP contribution in [-0.4, -0.2) is 31.8 Å². The monoisotopic (exact) mass is 606 g/mol. The van der Waals surface area contributed by atoms with E-state index in [4.69, 9.17) is 0 Å². The molecule has 0 aliphatic heterocycles. The van der Waals surface area contributed by atoms with Gasteiger partial charge in [-0.15, -0.1) is 20.5 Å². The third-order valence-electron chi connectivity index (χ3n) is 5.91. The molecule has 4 heterocycles. The van der Waals surface area contributed by atoms with Crippen LogP contribution < -0.4 is 10.6 Å². The number of nitrogens with one attached hydrogen (secondary N) is 2. The van der Waals surface area contributed by atoms with E-state index >= 15 is 0 Å². The zero-order valence-corrected chi connectivity index (χ0v) is 24.3. The Morgan fingerprint density at radius 1 is 0.413 bits per heavy atom. The Balaban J connectivity index is 0.000000181. The lowest BCUT2D eigenvalue weighted by Gasteiger charge is -2.03. The van der Waals surface area contributed by atoms with Crippen LogP contribution in [0.5, 0.6) is 0 Å². The van der Waals surface area contributed by atoms with Crippen molar-refractivity contribution < 1.29 is 9.59 Å². The van der Waals surface area contributed by atoms with Gasteiger partial charge in [0.15, 0.2) is 11.6 Å². The fraction of sp³-hybridized carbons (Fsp3) is 0. The first kappa shape index (κ1) is 30.6. The van der Waals surface area contributed by atoms with Gasteiger partial charge in [0.25, 0.3) is 11.8 Å². The Morgan fingerprint density at radius 3 is 1.11 bits per heavy atom. The minimum absolute atomic E-state index is 0.225. The van der Waals surface area contributed by atoms with Gasteiger partial charge in [0.05, 0.1) is 11.4 Å². The maximum atomic E-state index is 12.1. The number of pyridine rings is 4. The molecule has 2 amide bonds. The van der Waals surface area contributed by atoms with Crippen molar-refractivity contribution in [3.63, 3.8) is 0 Å². The Bertz CT molecular complexity index is 1750. The first-order chi connectivity index (χ1) is 22.6. The molecule has 0 atom stereocenters. The molecule has 0 fully saturated rings. The standard InChI is InChI=1S/2C17H13N5O/c2*23-17(20-15-5-1-3-11-18-15)13-7-9-14(10-8-13)21-22-16-6-2-4-12-19-16/h2*1-12H,(H,18,20,23). The second kappa shape index (κ2) is 16.1. The topological polar surface area (TPSA) is 159 Å². The number of anilines is 2. The molecule has 0 spiro atoms. The van der Waals surface area contributed by atoms with E-state index in [-0.39, 0.29) is 11.8 Å². The summed E-state index contributed by atoms with van der Waals surface area (Å²) >= 11 is 0. The van der Waals surface area contributed by atoms with Gasteiger partial charge in [0.1, 0.15) is 11.6 Å². The number of azo groups is 2. The second-order valence-corrected chi connectivity index (χ2v) is 9.21. The van der Waals surface area contributed by atoms with E-state index in [0.717, 1.165) is 0 Å². The van der Waals surface area contributed by atoms with E-state index in [1.165, 1.54) is 0 Å². The minimum Gasteiger partial charge on any atom is -0.307 e. The smallest absolute Gasteiger partial charge is 0.256 e. The van der Waals surface area contributed by atoms with E-state index in [2.05, 4.69) is 51.0 Å². The highest BCUT2D eigenvalue weighted by Crippen LogP contribution is 2.19. The minimum atomic E-state index is -0.225. The Morgan fingerprint density at radius 2 is 0.783 bits per heavy atom. The van der Waals surface area contributed by atoms with Gasteiger partial charge in [-0.05, 0) is 97.1 Å². The number of amides is 2. The lowest BCUT2D eigenvalue weighted by atomic mass is 10.2. The summed E-state index contributed by atoms with van der Waals surface area (Å²) in [4.78, 5) is 40.4. The average molecular weight is 607 g/mol. The molecule has 2 aromatic carbocycles. The average Bonchev–Trinajstić information content (AvgIpc) is 3.12. The van der Waals surface area contributed by atoms with Crippen LogP contribution in [0, 0.1) is 0 Å². The molecule has 0 saturated carbocycles. The summed E-state index contributed by atoms with van der Waals surface area (Å²) in [6.45, 7) is 0. The van der Waals surface area contributed by atoms with Crippen molar-refractivity contribution in [3.8, 4) is 0 Å². The van der Waals surface area contributed by atoms with Gasteiger partial charge in [-0.2, -0.15) is 0 Å². The fourth-order valence-electron chi connectivity index (χ4n) is 3.65. The molecular weight excluding hydrogens is 580 g/mol. The molecule has 46 heavy (non-hydrogen) atoms. The summed E-state index contributed by atoms with van der Waals surface area (Å²) < 4.78 is 0. The van der Waals surface area contributed by atoms with Gasteiger partial charge in [-0.1, -0.05) is 24.3 Å². The van der Waals surface area contributed by atoms with E-state index in [0.29, 0.717) is 45.8 Å². The van der Waals surface area contributed by atoms with Crippen LogP contribution in [0.25, 0.3) is 0 Å². The van der Waals surface area contributed by atoms with E-state index < -0.39 is 0 Å². The van der Waals surface area contributed by atoms with E-state index in [9.17, 15) is 9.59 Å². The number of hydrogen-bond acceptors (Lipinski definition) is 10. The molecule has 0 radical (unpaired) electrons. The Labute approximate surface area is 264 Å². The van der Waals surface area contributed by atoms with E-state index in [1.54, 1.807) is 110 Å². The van der Waals surface area contributed by atoms with Crippen LogP contribution in [0.2, 0.25) is 0 Å². The van der Waals surface area contributed by atoms with Gasteiger partial charge in [0.2, 0.25) is 0 Å². The summed E-state index contributed by atoms with van der Waals surface area (Å²) in [5.74, 6) is 1.63. The first-order valence-electron chi connectivity index (χ1n) is 13.9. The normalized spacial score (nSPS) is 10.6. The predicted molar refractivity (Wildman–Crippen MR) is 174 cm³/mol. The van der Waals surface area contributed by atoms with Gasteiger partial charge >= 0.3 is 0 Å². The second-order valence-electron chi connectivity index (χ2n) is 9.21. The van der Waals surface area contributed by atoms with Crippen molar-refractivity contribution in [1.82, 2.24) is 19.9 Å². The maximum Gasteiger partial charge on any atom is 0.256 e. The number of carbonyl (C=O) groups is 2. The highest BCUT2D eigenvalue weighted by atomic mass is 16.2. The molecule has 6 aromatic rings. The molecule has 0 bridgehead atoms. The summed E-state index contributed by atoms with van der Waals surface area (Å²) in [5.41, 5.74) is 2.33. The van der Waals surface area contributed by atoms with Crippen LogP contribution in [0.1, 0.15) is 20.7 Å². The Hall–Kier alpha value is -6.82. The molecule has 0 aliphatic carbocycles. The SMILES string of the molecule is O=C(Nc1ccccn1)c1ccc(N=Nc2ccccn2)cc1.O=C(Nc1ccccn1)c1ccc(N=Nc2ccccn2)cc1. The number of nitrogens with zero attached hydrogens (tertiary/aromatic N) is 8. The molecule has 0 unspecified atom stereocenters. The molecule has 4 aromatic heterocycles. The van der Waals surface area contributed by atoms with Crippen molar-refractivity contribution in [2.75, 3.05) is 10.6 Å². The van der Waals surface area contributed by atoms with Crippen LogP contribution >= 0.6 is 0 Å². The molecule has 12 heteroatoms. The number of hydrogen-bond donors (Lipinski definition) is 2. The first-order valence-corrected chi connectivity index (χ1v) is 13.9. The fourth-order valence-corrected chi connectivity index (χ4v) is 3.65. The zero-order chi connectivity index (χ0) is 31.8. The van der Waals surface area contributed by atoms with Crippen molar-refractivity contribution in [2.45, 2.75) is 0 Å². The maximum absolute atomic E-state index is 12.1. The molecule has 224 valence electrons. The highest BCUT2D eigenvalue weighted by Gasteiger charge is 2.07. The van der Waals surface area contributed by atoms with Gasteiger partial charge in [-0.3, -0.25) is 9.59 Å². The predicted octanol–water partition coefficient (Wildman–Crippen LogP) is 8.29. The van der Waals surface area contributed by atoms with Gasteiger partial charge in [-0.25, -0.2) is 19.9 Å². The van der Waals surface area contributed by atoms with Crippen LogP contribution in [0.15, 0.2) is 167 Å². The van der Waals surface area contributed by atoms with Crippen LogP contribution in [0.3, 0.4) is 0 Å². The van der Waals surface area contributed by atoms with Crippen molar-refractivity contribution in [2.24, 2.45) is 20.5 Å². The summed E-state index contributed by atoms with van der Waals surface area (Å²) in [7, 11) is 0. The molecule has 6 rings (SSSR count). The molecule has 0 saturated heterocycles. The van der Waals surface area contributed by atoms with Crippen molar-refractivity contribution in [1.29, 1.82) is 0 Å². The lowest BCUT2D eigenvalue weighted by molar-refractivity contribution is 0.101. The van der Waals surface area contributed by atoms with E-state index in [1.807, 2.05) is 36.4 Å². The summed E-state index contributed by atoms with van der Waals surface area (Å²) in [6.07, 6.45) is 6.55. The molecule has 0 aliphatic rings.